The number of carbonyl (C=O) groups excluding carboxylic acids is 1. The molecule has 1 aliphatic carbocycles. The molecule has 3 saturated heterocycles. The summed E-state index contributed by atoms with van der Waals surface area (Å²) in [7, 11) is 0. The summed E-state index contributed by atoms with van der Waals surface area (Å²) >= 11 is 1.90. The van der Waals surface area contributed by atoms with Gasteiger partial charge in [-0.2, -0.15) is 0 Å². The summed E-state index contributed by atoms with van der Waals surface area (Å²) in [5.41, 5.74) is 3.82. The average molecular weight is 527 g/mol. The molecule has 6 heteroatoms. The minimum absolute atomic E-state index is 0.0204. The second-order valence-corrected chi connectivity index (χ2v) is 12.7. The molecule has 1 aromatic heterocycles. The number of piperidine rings is 1. The number of nitrogens with zero attached hydrogens (tertiary/aromatic N) is 3. The van der Waals surface area contributed by atoms with Crippen molar-refractivity contribution in [3.8, 4) is 0 Å². The maximum absolute atomic E-state index is 14.6. The molecule has 0 saturated carbocycles. The van der Waals surface area contributed by atoms with Crippen molar-refractivity contribution in [1.29, 1.82) is 0 Å². The SMILES string of the molecule is O=C([C@@H]1CNC[C@]12CCCc1nc(N3CCCC3)sc12)N1CC[C@@H](c2ccccc2)C[C@H]1c1ccccc1. The van der Waals surface area contributed by atoms with Crippen LogP contribution in [0.3, 0.4) is 0 Å². The molecule has 2 aromatic carbocycles. The Labute approximate surface area is 230 Å². The fourth-order valence-electron chi connectivity index (χ4n) is 7.66. The first-order chi connectivity index (χ1) is 18.7. The Hall–Kier alpha value is -2.70. The molecule has 3 fully saturated rings. The Kier molecular flexibility index (Phi) is 6.49. The fraction of sp³-hybridized carbons (Fsp3) is 0.500. The highest BCUT2D eigenvalue weighted by molar-refractivity contribution is 7.16. The van der Waals surface area contributed by atoms with Gasteiger partial charge in [0.1, 0.15) is 0 Å². The molecule has 3 aliphatic heterocycles. The highest BCUT2D eigenvalue weighted by atomic mass is 32.1. The molecule has 5 nitrogen and oxygen atoms in total. The first kappa shape index (κ1) is 24.3. The van der Waals surface area contributed by atoms with Crippen molar-refractivity contribution < 1.29 is 4.79 Å². The molecule has 1 spiro atoms. The Morgan fingerprint density at radius 2 is 1.68 bits per heavy atom. The Bertz CT molecular complexity index is 1270. The van der Waals surface area contributed by atoms with E-state index in [0.29, 0.717) is 11.8 Å². The Balaban J connectivity index is 1.21. The molecule has 4 aliphatic rings. The molecule has 4 heterocycles. The Morgan fingerprint density at radius 3 is 2.45 bits per heavy atom. The molecule has 0 unspecified atom stereocenters. The van der Waals surface area contributed by atoms with Gasteiger partial charge >= 0.3 is 0 Å². The summed E-state index contributed by atoms with van der Waals surface area (Å²) in [6.45, 7) is 4.73. The number of nitrogens with one attached hydrogen (secondary N) is 1. The van der Waals surface area contributed by atoms with E-state index in [0.717, 1.165) is 64.8 Å². The molecule has 3 aromatic rings. The maximum atomic E-state index is 14.6. The predicted octanol–water partition coefficient (Wildman–Crippen LogP) is 5.68. The first-order valence-corrected chi connectivity index (χ1v) is 15.4. The normalized spacial score (nSPS) is 29.1. The lowest BCUT2D eigenvalue weighted by Crippen LogP contribution is -2.50. The molecule has 0 bridgehead atoms. The average Bonchev–Trinajstić information content (AvgIpc) is 3.74. The van der Waals surface area contributed by atoms with Crippen LogP contribution in [-0.4, -0.2) is 48.5 Å². The Morgan fingerprint density at radius 1 is 0.947 bits per heavy atom. The number of aromatic nitrogens is 1. The lowest BCUT2D eigenvalue weighted by atomic mass is 9.68. The van der Waals surface area contributed by atoms with E-state index in [-0.39, 0.29) is 17.4 Å². The molecule has 4 atom stereocenters. The molecule has 0 radical (unpaired) electrons. The van der Waals surface area contributed by atoms with Crippen molar-refractivity contribution >= 4 is 22.4 Å². The minimum Gasteiger partial charge on any atom is -0.348 e. The zero-order valence-electron chi connectivity index (χ0n) is 22.1. The first-order valence-electron chi connectivity index (χ1n) is 14.6. The zero-order valence-corrected chi connectivity index (χ0v) is 23.0. The number of likely N-dealkylation sites (tertiary alicyclic amines) is 1. The van der Waals surface area contributed by atoms with Crippen LogP contribution in [0, 0.1) is 5.92 Å². The van der Waals surface area contributed by atoms with Crippen LogP contribution in [0.4, 0.5) is 5.13 Å². The van der Waals surface area contributed by atoms with E-state index in [4.69, 9.17) is 4.98 Å². The van der Waals surface area contributed by atoms with Crippen LogP contribution in [0.2, 0.25) is 0 Å². The van der Waals surface area contributed by atoms with Gasteiger partial charge in [-0.15, -0.1) is 11.3 Å². The van der Waals surface area contributed by atoms with Gasteiger partial charge in [0.15, 0.2) is 5.13 Å². The highest BCUT2D eigenvalue weighted by Crippen LogP contribution is 2.51. The molecule has 1 N–H and O–H groups in total. The van der Waals surface area contributed by atoms with Gasteiger partial charge in [-0.1, -0.05) is 60.7 Å². The van der Waals surface area contributed by atoms with Gasteiger partial charge in [0.25, 0.3) is 0 Å². The number of hydrogen-bond donors (Lipinski definition) is 1. The van der Waals surface area contributed by atoms with Crippen LogP contribution in [-0.2, 0) is 16.6 Å². The van der Waals surface area contributed by atoms with Crippen LogP contribution in [0.1, 0.15) is 72.2 Å². The molecule has 1 amide bonds. The van der Waals surface area contributed by atoms with E-state index in [1.54, 1.807) is 0 Å². The van der Waals surface area contributed by atoms with E-state index in [9.17, 15) is 4.79 Å². The summed E-state index contributed by atoms with van der Waals surface area (Å²) in [6, 6.07) is 21.7. The maximum Gasteiger partial charge on any atom is 0.228 e. The van der Waals surface area contributed by atoms with Gasteiger partial charge in [-0.25, -0.2) is 4.98 Å². The number of hydrogen-bond acceptors (Lipinski definition) is 5. The van der Waals surface area contributed by atoms with Crippen LogP contribution in [0.5, 0.6) is 0 Å². The molecule has 38 heavy (non-hydrogen) atoms. The molecule has 7 rings (SSSR count). The van der Waals surface area contributed by atoms with Gasteiger partial charge in [0.05, 0.1) is 17.7 Å². The number of anilines is 1. The van der Waals surface area contributed by atoms with E-state index in [1.165, 1.54) is 39.7 Å². The summed E-state index contributed by atoms with van der Waals surface area (Å²) in [6.07, 6.45) is 7.80. The van der Waals surface area contributed by atoms with Crippen molar-refractivity contribution in [2.75, 3.05) is 37.6 Å². The molecular weight excluding hydrogens is 488 g/mol. The summed E-state index contributed by atoms with van der Waals surface area (Å²) < 4.78 is 0. The van der Waals surface area contributed by atoms with Gasteiger partial charge < -0.3 is 15.1 Å². The van der Waals surface area contributed by atoms with Crippen molar-refractivity contribution in [3.05, 3.63) is 82.4 Å². The highest BCUT2D eigenvalue weighted by Gasteiger charge is 2.53. The van der Waals surface area contributed by atoms with Crippen molar-refractivity contribution in [3.63, 3.8) is 0 Å². The summed E-state index contributed by atoms with van der Waals surface area (Å²) in [5.74, 6) is 0.805. The molecule has 198 valence electrons. The van der Waals surface area contributed by atoms with E-state index in [2.05, 4.69) is 75.8 Å². The number of fused-ring (bicyclic) bond motifs is 2. The third kappa shape index (κ3) is 4.17. The number of benzene rings is 2. The standard InChI is InChI=1S/C32H38N4OS/c37-30(36-19-15-25(23-10-3-1-4-11-23)20-28(36)24-12-5-2-6-13-24)26-21-33-22-32(26)16-9-14-27-29(32)38-31(34-27)35-17-7-8-18-35/h1-6,10-13,25-26,28,33H,7-9,14-22H2/t25-,26+,28+,32-/m1/s1. The summed E-state index contributed by atoms with van der Waals surface area (Å²) in [5, 5.41) is 4.87. The smallest absolute Gasteiger partial charge is 0.228 e. The topological polar surface area (TPSA) is 48.5 Å². The predicted molar refractivity (Wildman–Crippen MR) is 154 cm³/mol. The fourth-order valence-corrected chi connectivity index (χ4v) is 9.09. The van der Waals surface area contributed by atoms with Crippen molar-refractivity contribution in [2.24, 2.45) is 5.92 Å². The monoisotopic (exact) mass is 526 g/mol. The second-order valence-electron chi connectivity index (χ2n) is 11.7. The lowest BCUT2D eigenvalue weighted by molar-refractivity contribution is -0.141. The van der Waals surface area contributed by atoms with Gasteiger partial charge in [-0.05, 0) is 62.0 Å². The quantitative estimate of drug-likeness (QED) is 0.475. The number of aryl methyl sites for hydroxylation is 1. The van der Waals surface area contributed by atoms with Crippen LogP contribution < -0.4 is 10.2 Å². The molecular formula is C32H38N4OS. The number of carbonyl (C=O) groups is 1. The largest absolute Gasteiger partial charge is 0.348 e. The minimum atomic E-state index is -0.113. The number of rotatable bonds is 4. The van der Waals surface area contributed by atoms with Crippen LogP contribution >= 0.6 is 11.3 Å². The van der Waals surface area contributed by atoms with E-state index in [1.807, 2.05) is 11.3 Å². The van der Waals surface area contributed by atoms with Crippen LogP contribution in [0.25, 0.3) is 0 Å². The summed E-state index contributed by atoms with van der Waals surface area (Å²) in [4.78, 5) is 25.9. The zero-order chi connectivity index (χ0) is 25.5. The van der Waals surface area contributed by atoms with Gasteiger partial charge in [-0.3, -0.25) is 4.79 Å². The van der Waals surface area contributed by atoms with Gasteiger partial charge in [0.2, 0.25) is 5.91 Å². The number of thiazole rings is 1. The van der Waals surface area contributed by atoms with Gasteiger partial charge in [0, 0.05) is 43.0 Å². The van der Waals surface area contributed by atoms with E-state index >= 15 is 0 Å². The third-order valence-electron chi connectivity index (χ3n) is 9.65. The van der Waals surface area contributed by atoms with Crippen molar-refractivity contribution in [1.82, 2.24) is 15.2 Å². The third-order valence-corrected chi connectivity index (χ3v) is 11.0. The lowest BCUT2D eigenvalue weighted by Gasteiger charge is -2.44. The number of amides is 1. The van der Waals surface area contributed by atoms with E-state index < -0.39 is 0 Å². The second kappa shape index (κ2) is 10.1. The van der Waals surface area contributed by atoms with Crippen LogP contribution in [0.15, 0.2) is 60.7 Å². The van der Waals surface area contributed by atoms with Crippen molar-refractivity contribution in [2.45, 2.75) is 62.3 Å².